The van der Waals surface area contributed by atoms with Gasteiger partial charge in [0.2, 0.25) is 5.78 Å². The van der Waals surface area contributed by atoms with Gasteiger partial charge in [-0.3, -0.25) is 19.3 Å². The van der Waals surface area contributed by atoms with Crippen LogP contribution in [0.25, 0.3) is 5.76 Å². The third-order valence-corrected chi connectivity index (χ3v) is 7.49. The van der Waals surface area contributed by atoms with Crippen molar-refractivity contribution in [1.82, 2.24) is 9.88 Å². The van der Waals surface area contributed by atoms with Crippen LogP contribution in [0.1, 0.15) is 37.3 Å². The van der Waals surface area contributed by atoms with E-state index in [2.05, 4.69) is 4.98 Å². The number of unbranched alkanes of at least 4 members (excludes halogenated alkanes) is 1. The molecule has 5 N–H and O–H groups in total. The summed E-state index contributed by atoms with van der Waals surface area (Å²) < 4.78 is 5.79. The zero-order valence-electron chi connectivity index (χ0n) is 19.7. The fourth-order valence-electron chi connectivity index (χ4n) is 5.52. The van der Waals surface area contributed by atoms with E-state index >= 15 is 0 Å². The molecule has 1 saturated carbocycles. The van der Waals surface area contributed by atoms with Crippen molar-refractivity contribution in [2.24, 2.45) is 17.6 Å². The zero-order chi connectivity index (χ0) is 25.8. The number of hydrogen-bond acceptors (Lipinski definition) is 9. The largest absolute Gasteiger partial charge is 0.508 e. The summed E-state index contributed by atoms with van der Waals surface area (Å²) in [7, 11) is 3.13. The number of carbonyl (C=O) groups is 3. The predicted octanol–water partition coefficient (Wildman–Crippen LogP) is 1.49. The Morgan fingerprint density at radius 2 is 2.03 bits per heavy atom. The minimum Gasteiger partial charge on any atom is -0.508 e. The number of nitrogens with zero attached hydrogens (tertiary/aromatic N) is 2. The number of Topliss-reactive ketones (excluding diaryl/α,β-unsaturated/α-hetero) is 2. The predicted molar refractivity (Wildman–Crippen MR) is 126 cm³/mol. The second kappa shape index (κ2) is 8.92. The Morgan fingerprint density at radius 3 is 2.63 bits per heavy atom. The number of nitrogens with two attached hydrogens (primary N) is 1. The fourth-order valence-corrected chi connectivity index (χ4v) is 5.74. The molecule has 3 aliphatic rings. The Kier molecular flexibility index (Phi) is 6.41. The normalized spacial score (nSPS) is 28.1. The number of aromatic nitrogens is 1. The third kappa shape index (κ3) is 3.62. The van der Waals surface area contributed by atoms with Crippen LogP contribution in [-0.4, -0.2) is 75.0 Å². The molecule has 0 aliphatic heterocycles. The topological polar surface area (TPSA) is 163 Å². The second-order valence-corrected chi connectivity index (χ2v) is 9.79. The van der Waals surface area contributed by atoms with Crippen LogP contribution in [0, 0.1) is 11.8 Å². The molecule has 0 radical (unpaired) electrons. The average molecular weight is 506 g/mol. The Hall–Kier alpha value is -2.95. The van der Waals surface area contributed by atoms with E-state index in [1.807, 2.05) is 6.92 Å². The monoisotopic (exact) mass is 505 g/mol. The molecule has 1 aromatic heterocycles. The number of amides is 1. The van der Waals surface area contributed by atoms with Gasteiger partial charge in [0.15, 0.2) is 11.4 Å². The van der Waals surface area contributed by atoms with E-state index in [1.54, 1.807) is 14.1 Å². The van der Waals surface area contributed by atoms with Crippen molar-refractivity contribution in [2.75, 3.05) is 20.7 Å². The van der Waals surface area contributed by atoms with Crippen molar-refractivity contribution in [3.05, 3.63) is 39.4 Å². The number of hydrogen-bond donors (Lipinski definition) is 4. The number of halogens is 1. The van der Waals surface area contributed by atoms with Crippen molar-refractivity contribution in [1.29, 1.82) is 0 Å². The summed E-state index contributed by atoms with van der Waals surface area (Å²) in [4.78, 5) is 44.6. The lowest BCUT2D eigenvalue weighted by molar-refractivity contribution is -0.153. The van der Waals surface area contributed by atoms with Crippen molar-refractivity contribution in [3.63, 3.8) is 0 Å². The Bertz CT molecular complexity index is 1190. The fraction of sp³-hybridized carbons (Fsp3) is 0.500. The minimum absolute atomic E-state index is 0.0447. The van der Waals surface area contributed by atoms with Gasteiger partial charge in [-0.25, -0.2) is 4.98 Å². The maximum atomic E-state index is 13.8. The summed E-state index contributed by atoms with van der Waals surface area (Å²) in [5.41, 5.74) is 2.47. The first kappa shape index (κ1) is 25.2. The first-order valence-electron chi connectivity index (χ1n) is 11.4. The van der Waals surface area contributed by atoms with Crippen molar-refractivity contribution >= 4 is 34.8 Å². The van der Waals surface area contributed by atoms with Gasteiger partial charge < -0.3 is 25.8 Å². The van der Waals surface area contributed by atoms with Crippen molar-refractivity contribution in [2.45, 2.75) is 44.2 Å². The number of ketones is 2. The summed E-state index contributed by atoms with van der Waals surface area (Å²) >= 11 is 6.36. The lowest BCUT2D eigenvalue weighted by Gasteiger charge is -2.50. The minimum atomic E-state index is -2.62. The standard InChI is InChI=1S/C24H28ClN3O7/c1-4-5-6-35-13-9-27-22(25)11-7-10-8-12-17(28(2)3)19(30)16(23(26)33)21(32)24(12,34)20(31)14(10)18(29)15(11)13/h9-10,12,17,29,32,34H,4-8H2,1-3H3,(H2,26,33)/t10-,12-,17-,24-/m0/s1. The summed E-state index contributed by atoms with van der Waals surface area (Å²) in [6.45, 7) is 2.35. The maximum Gasteiger partial charge on any atom is 0.255 e. The first-order chi connectivity index (χ1) is 16.5. The maximum absolute atomic E-state index is 13.8. The van der Waals surface area contributed by atoms with Crippen LogP contribution >= 0.6 is 11.6 Å². The van der Waals surface area contributed by atoms with E-state index in [1.165, 1.54) is 11.1 Å². The summed E-state index contributed by atoms with van der Waals surface area (Å²) in [5.74, 6) is -6.02. The molecule has 10 nitrogen and oxygen atoms in total. The summed E-state index contributed by atoms with van der Waals surface area (Å²) in [5, 5.41) is 33.9. The lowest BCUT2D eigenvalue weighted by atomic mass is 9.57. The van der Waals surface area contributed by atoms with Crippen LogP contribution in [0.2, 0.25) is 5.15 Å². The van der Waals surface area contributed by atoms with E-state index in [-0.39, 0.29) is 34.9 Å². The molecule has 1 fully saturated rings. The molecule has 0 spiro atoms. The van der Waals surface area contributed by atoms with E-state index in [0.29, 0.717) is 12.2 Å². The van der Waals surface area contributed by atoms with Crippen LogP contribution in [-0.2, 0) is 20.8 Å². The molecule has 1 amide bonds. The van der Waals surface area contributed by atoms with Gasteiger partial charge in [0.05, 0.1) is 24.4 Å². The quantitative estimate of drug-likeness (QED) is 0.254. The highest BCUT2D eigenvalue weighted by atomic mass is 35.5. The molecule has 0 aromatic carbocycles. The molecule has 0 bridgehead atoms. The first-order valence-corrected chi connectivity index (χ1v) is 11.8. The number of primary amides is 1. The molecular formula is C24H28ClN3O7. The van der Waals surface area contributed by atoms with E-state index < -0.39 is 58.0 Å². The van der Waals surface area contributed by atoms with E-state index in [9.17, 15) is 29.7 Å². The second-order valence-electron chi connectivity index (χ2n) is 9.43. The third-order valence-electron chi connectivity index (χ3n) is 7.16. The van der Waals surface area contributed by atoms with Gasteiger partial charge in [0, 0.05) is 17.1 Å². The molecule has 188 valence electrons. The zero-order valence-corrected chi connectivity index (χ0v) is 20.4. The molecule has 4 atom stereocenters. The molecule has 1 aromatic rings. The molecule has 0 unspecified atom stereocenters. The number of aliphatic hydroxyl groups excluding tert-OH is 2. The van der Waals surface area contributed by atoms with Gasteiger partial charge >= 0.3 is 0 Å². The van der Waals surface area contributed by atoms with Gasteiger partial charge in [0.25, 0.3) is 5.91 Å². The van der Waals surface area contributed by atoms with E-state index in [4.69, 9.17) is 22.1 Å². The Labute approximate surface area is 207 Å². The molecule has 3 aliphatic carbocycles. The highest BCUT2D eigenvalue weighted by molar-refractivity contribution is 6.30. The van der Waals surface area contributed by atoms with Gasteiger partial charge in [-0.15, -0.1) is 0 Å². The van der Waals surface area contributed by atoms with Gasteiger partial charge in [0.1, 0.15) is 28.0 Å². The SMILES string of the molecule is CCCCOc1cnc(Cl)c2c1C(O)=C1C(=O)[C@]3(O)C(O)=C(C(N)=O)C(=O)[C@@H](N(C)C)[C@@H]3C[C@@H]1C2. The van der Waals surface area contributed by atoms with Crippen LogP contribution in [0.4, 0.5) is 0 Å². The number of likely N-dealkylation sites (N-methyl/N-ethyl adjacent to an activating group) is 1. The Morgan fingerprint density at radius 1 is 1.34 bits per heavy atom. The smallest absolute Gasteiger partial charge is 0.255 e. The highest BCUT2D eigenvalue weighted by Crippen LogP contribution is 2.53. The van der Waals surface area contributed by atoms with E-state index in [0.717, 1.165) is 12.8 Å². The number of rotatable bonds is 6. The molecule has 11 heteroatoms. The van der Waals surface area contributed by atoms with Gasteiger partial charge in [-0.05, 0) is 39.3 Å². The highest BCUT2D eigenvalue weighted by Gasteiger charge is 2.64. The summed E-state index contributed by atoms with van der Waals surface area (Å²) in [6.07, 6.45) is 3.24. The van der Waals surface area contributed by atoms with Crippen LogP contribution in [0.15, 0.2) is 23.1 Å². The lowest BCUT2D eigenvalue weighted by Crippen LogP contribution is -2.65. The molecule has 0 saturated heterocycles. The van der Waals surface area contributed by atoms with Crippen LogP contribution < -0.4 is 10.5 Å². The van der Waals surface area contributed by atoms with Crippen molar-refractivity contribution < 1.29 is 34.4 Å². The number of fused-ring (bicyclic) bond motifs is 3. The number of pyridine rings is 1. The van der Waals surface area contributed by atoms with Crippen molar-refractivity contribution in [3.8, 4) is 5.75 Å². The molecule has 1 heterocycles. The Balaban J connectivity index is 1.92. The number of ether oxygens (including phenoxy) is 1. The van der Waals surface area contributed by atoms with Crippen LogP contribution in [0.3, 0.4) is 0 Å². The number of aliphatic hydroxyl groups is 3. The molecular weight excluding hydrogens is 478 g/mol. The summed E-state index contributed by atoms with van der Waals surface area (Å²) in [6, 6.07) is -1.11. The molecule has 35 heavy (non-hydrogen) atoms. The molecule has 4 rings (SSSR count). The van der Waals surface area contributed by atoms with Gasteiger partial charge in [-0.1, -0.05) is 24.9 Å². The van der Waals surface area contributed by atoms with Crippen LogP contribution in [0.5, 0.6) is 5.75 Å². The van der Waals surface area contributed by atoms with Gasteiger partial charge in [-0.2, -0.15) is 0 Å². The number of carbonyl (C=O) groups excluding carboxylic acids is 3. The average Bonchev–Trinajstić information content (AvgIpc) is 2.77.